The Morgan fingerprint density at radius 2 is 2.28 bits per heavy atom. The largest absolute Gasteiger partial charge is 0.377 e. The van der Waals surface area contributed by atoms with Gasteiger partial charge in [-0.1, -0.05) is 12.1 Å². The van der Waals surface area contributed by atoms with E-state index in [2.05, 4.69) is 11.1 Å². The average Bonchev–Trinajstić information content (AvgIpc) is 2.69. The van der Waals surface area contributed by atoms with Crippen LogP contribution >= 0.6 is 0 Å². The van der Waals surface area contributed by atoms with Gasteiger partial charge in [0.15, 0.2) is 5.78 Å². The third-order valence-corrected chi connectivity index (χ3v) is 2.61. The van der Waals surface area contributed by atoms with Crippen LogP contribution in [0.4, 0.5) is 0 Å². The zero-order valence-electron chi connectivity index (χ0n) is 10.1. The van der Waals surface area contributed by atoms with Crippen LogP contribution in [-0.2, 0) is 22.5 Å². The van der Waals surface area contributed by atoms with Gasteiger partial charge >= 0.3 is 0 Å². The Morgan fingerprint density at radius 3 is 3.00 bits per heavy atom. The lowest BCUT2D eigenvalue weighted by molar-refractivity contribution is -0.123. The summed E-state index contributed by atoms with van der Waals surface area (Å²) in [6.07, 6.45) is 0.189. The van der Waals surface area contributed by atoms with Gasteiger partial charge in [-0.05, 0) is 12.1 Å². The molecule has 92 valence electrons. The molecular formula is C13H13N3O2. The molecule has 1 aromatic heterocycles. The Kier molecular flexibility index (Phi) is 3.70. The van der Waals surface area contributed by atoms with E-state index in [-0.39, 0.29) is 25.4 Å². The van der Waals surface area contributed by atoms with Crippen LogP contribution < -0.4 is 0 Å². The summed E-state index contributed by atoms with van der Waals surface area (Å²) in [6.45, 7) is 0.254. The second kappa shape index (κ2) is 5.43. The fourth-order valence-corrected chi connectivity index (χ4v) is 1.89. The lowest BCUT2D eigenvalue weighted by atomic mass is 10.3. The highest BCUT2D eigenvalue weighted by Gasteiger charge is 2.12. The normalized spacial score (nSPS) is 10.4. The molecule has 0 unspecified atom stereocenters. The topological polar surface area (TPSA) is 67.9 Å². The van der Waals surface area contributed by atoms with Crippen molar-refractivity contribution >= 4 is 16.8 Å². The molecule has 0 saturated carbocycles. The number of nitriles is 1. The lowest BCUT2D eigenvalue weighted by Gasteiger charge is -2.06. The standard InChI is InChI=1S/C13H13N3O2/c1-18-9-10(17)8-16-12-5-3-2-4-11(12)15-13(16)6-7-14/h2-5H,6,8-9H2,1H3. The number of para-hydroxylation sites is 2. The van der Waals surface area contributed by atoms with Crippen LogP contribution in [0.25, 0.3) is 11.0 Å². The first kappa shape index (κ1) is 12.3. The van der Waals surface area contributed by atoms with E-state index in [1.54, 1.807) is 4.57 Å². The van der Waals surface area contributed by atoms with Gasteiger partial charge in [0.25, 0.3) is 0 Å². The van der Waals surface area contributed by atoms with Crippen molar-refractivity contribution in [1.29, 1.82) is 5.26 Å². The molecule has 0 radical (unpaired) electrons. The number of aromatic nitrogens is 2. The van der Waals surface area contributed by atoms with Crippen molar-refractivity contribution in [3.05, 3.63) is 30.1 Å². The first-order valence-corrected chi connectivity index (χ1v) is 5.58. The Morgan fingerprint density at radius 1 is 1.50 bits per heavy atom. The maximum atomic E-state index is 11.7. The monoisotopic (exact) mass is 243 g/mol. The SMILES string of the molecule is COCC(=O)Cn1c(CC#N)nc2ccccc21. The number of fused-ring (bicyclic) bond motifs is 1. The van der Waals surface area contributed by atoms with Gasteiger partial charge in [0.05, 0.1) is 30.1 Å². The maximum Gasteiger partial charge on any atom is 0.178 e. The van der Waals surface area contributed by atoms with E-state index in [0.717, 1.165) is 11.0 Å². The number of nitrogens with zero attached hydrogens (tertiary/aromatic N) is 3. The highest BCUT2D eigenvalue weighted by atomic mass is 16.5. The Hall–Kier alpha value is -2.19. The molecule has 1 heterocycles. The van der Waals surface area contributed by atoms with E-state index in [1.807, 2.05) is 24.3 Å². The van der Waals surface area contributed by atoms with Gasteiger partial charge in [-0.3, -0.25) is 4.79 Å². The number of Topliss-reactive ketones (excluding diaryl/α,β-unsaturated/α-hetero) is 1. The lowest BCUT2D eigenvalue weighted by Crippen LogP contribution is -2.16. The van der Waals surface area contributed by atoms with Crippen molar-refractivity contribution < 1.29 is 9.53 Å². The molecule has 5 heteroatoms. The van der Waals surface area contributed by atoms with Crippen LogP contribution in [0.5, 0.6) is 0 Å². The number of imidazole rings is 1. The number of carbonyl (C=O) groups is 1. The molecular weight excluding hydrogens is 230 g/mol. The summed E-state index contributed by atoms with van der Waals surface area (Å²) >= 11 is 0. The van der Waals surface area contributed by atoms with E-state index in [1.165, 1.54) is 7.11 Å². The van der Waals surface area contributed by atoms with Crippen molar-refractivity contribution in [3.8, 4) is 6.07 Å². The molecule has 0 bridgehead atoms. The summed E-state index contributed by atoms with van der Waals surface area (Å²) in [5.41, 5.74) is 1.67. The minimum Gasteiger partial charge on any atom is -0.377 e. The van der Waals surface area contributed by atoms with Crippen LogP contribution in [-0.4, -0.2) is 29.1 Å². The molecule has 1 aromatic carbocycles. The van der Waals surface area contributed by atoms with Gasteiger partial charge in [-0.15, -0.1) is 0 Å². The number of ketones is 1. The van der Waals surface area contributed by atoms with Crippen molar-refractivity contribution in [2.45, 2.75) is 13.0 Å². The number of benzene rings is 1. The van der Waals surface area contributed by atoms with Crippen molar-refractivity contribution in [2.24, 2.45) is 0 Å². The van der Waals surface area contributed by atoms with Crippen molar-refractivity contribution in [3.63, 3.8) is 0 Å². The number of ether oxygens (including phenoxy) is 1. The third-order valence-electron chi connectivity index (χ3n) is 2.61. The second-order valence-corrected chi connectivity index (χ2v) is 3.91. The second-order valence-electron chi connectivity index (χ2n) is 3.91. The van der Waals surface area contributed by atoms with Crippen molar-refractivity contribution in [2.75, 3.05) is 13.7 Å². The number of carbonyl (C=O) groups excluding carboxylic acids is 1. The predicted octanol–water partition coefficient (Wildman–Crippen LogP) is 1.32. The number of hydrogen-bond donors (Lipinski definition) is 0. The van der Waals surface area contributed by atoms with E-state index >= 15 is 0 Å². The summed E-state index contributed by atoms with van der Waals surface area (Å²) in [5.74, 6) is 0.572. The summed E-state index contributed by atoms with van der Waals surface area (Å²) in [4.78, 5) is 16.0. The highest BCUT2D eigenvalue weighted by Crippen LogP contribution is 2.16. The average molecular weight is 243 g/mol. The van der Waals surface area contributed by atoms with E-state index in [0.29, 0.717) is 5.82 Å². The van der Waals surface area contributed by atoms with Gasteiger partial charge in [-0.25, -0.2) is 4.98 Å². The molecule has 0 amide bonds. The first-order valence-electron chi connectivity index (χ1n) is 5.58. The molecule has 0 atom stereocenters. The van der Waals surface area contributed by atoms with Crippen LogP contribution in [0.1, 0.15) is 5.82 Å². The summed E-state index contributed by atoms with van der Waals surface area (Å²) in [5, 5.41) is 8.79. The van der Waals surface area contributed by atoms with E-state index in [4.69, 9.17) is 10.00 Å². The molecule has 0 fully saturated rings. The molecule has 5 nitrogen and oxygen atoms in total. The van der Waals surface area contributed by atoms with Gasteiger partial charge in [0.2, 0.25) is 0 Å². The number of hydrogen-bond acceptors (Lipinski definition) is 4. The number of methoxy groups -OCH3 is 1. The van der Waals surface area contributed by atoms with Crippen molar-refractivity contribution in [1.82, 2.24) is 9.55 Å². The van der Waals surface area contributed by atoms with E-state index in [9.17, 15) is 4.79 Å². The van der Waals surface area contributed by atoms with Gasteiger partial charge in [0.1, 0.15) is 12.4 Å². The molecule has 0 N–H and O–H groups in total. The summed E-state index contributed by atoms with van der Waals surface area (Å²) in [6, 6.07) is 9.59. The molecule has 2 aromatic rings. The number of rotatable bonds is 5. The molecule has 0 aliphatic rings. The first-order chi connectivity index (χ1) is 8.76. The smallest absolute Gasteiger partial charge is 0.178 e. The predicted molar refractivity (Wildman–Crippen MR) is 65.9 cm³/mol. The minimum atomic E-state index is -0.0418. The summed E-state index contributed by atoms with van der Waals surface area (Å²) < 4.78 is 6.59. The van der Waals surface area contributed by atoms with Crippen LogP contribution in [0.3, 0.4) is 0 Å². The highest BCUT2D eigenvalue weighted by molar-refractivity contribution is 5.83. The zero-order chi connectivity index (χ0) is 13.0. The van der Waals surface area contributed by atoms with E-state index < -0.39 is 0 Å². The van der Waals surface area contributed by atoms with Gasteiger partial charge in [-0.2, -0.15) is 5.26 Å². The molecule has 18 heavy (non-hydrogen) atoms. The minimum absolute atomic E-state index is 0.0418. The Labute approximate surface area is 105 Å². The Balaban J connectivity index is 2.42. The molecule has 0 aliphatic heterocycles. The zero-order valence-corrected chi connectivity index (χ0v) is 10.1. The molecule has 0 saturated heterocycles. The summed E-state index contributed by atoms with van der Waals surface area (Å²) in [7, 11) is 1.49. The van der Waals surface area contributed by atoms with Crippen LogP contribution in [0, 0.1) is 11.3 Å². The van der Waals surface area contributed by atoms with Crippen LogP contribution in [0.15, 0.2) is 24.3 Å². The molecule has 0 spiro atoms. The maximum absolute atomic E-state index is 11.7. The Bertz CT molecular complexity index is 610. The third kappa shape index (κ3) is 2.39. The quantitative estimate of drug-likeness (QED) is 0.794. The fraction of sp³-hybridized carbons (Fsp3) is 0.308. The van der Waals surface area contributed by atoms with Gasteiger partial charge in [0, 0.05) is 7.11 Å². The molecule has 2 rings (SSSR count). The molecule has 0 aliphatic carbocycles. The van der Waals surface area contributed by atoms with Crippen LogP contribution in [0.2, 0.25) is 0 Å². The van der Waals surface area contributed by atoms with Gasteiger partial charge < -0.3 is 9.30 Å². The fourth-order valence-electron chi connectivity index (χ4n) is 1.89.